The van der Waals surface area contributed by atoms with Gasteiger partial charge in [0.1, 0.15) is 11.3 Å². The number of nitrogen functional groups attached to an aromatic ring is 1. The highest BCUT2D eigenvalue weighted by atomic mass is 32.1. The number of nitrogens with zero attached hydrogens (tertiary/aromatic N) is 1. The van der Waals surface area contributed by atoms with Gasteiger partial charge in [-0.1, -0.05) is 0 Å². The van der Waals surface area contributed by atoms with Crippen molar-refractivity contribution >= 4 is 27.2 Å². The molecule has 1 aromatic heterocycles. The highest BCUT2D eigenvalue weighted by Gasteiger charge is 2.35. The van der Waals surface area contributed by atoms with Gasteiger partial charge < -0.3 is 5.73 Å². The lowest BCUT2D eigenvalue weighted by Crippen LogP contribution is -2.03. The lowest BCUT2D eigenvalue weighted by Gasteiger charge is -1.98. The molecule has 0 atom stereocenters. The van der Waals surface area contributed by atoms with Crippen molar-refractivity contribution in [2.75, 3.05) is 5.73 Å². The molecule has 0 radical (unpaired) electrons. The summed E-state index contributed by atoms with van der Waals surface area (Å²) >= 11 is 0.376. The van der Waals surface area contributed by atoms with E-state index in [1.165, 1.54) is 0 Å². The third-order valence-corrected chi connectivity index (χ3v) is 2.78. The number of hydrogen-bond acceptors (Lipinski definition) is 3. The zero-order chi connectivity index (χ0) is 11.2. The van der Waals surface area contributed by atoms with E-state index in [1.807, 2.05) is 0 Å². The van der Waals surface area contributed by atoms with Crippen molar-refractivity contribution in [1.29, 1.82) is 0 Å². The Morgan fingerprint density at radius 3 is 2.53 bits per heavy atom. The molecule has 0 fully saturated rings. The summed E-state index contributed by atoms with van der Waals surface area (Å²) in [6.07, 6.45) is -4.52. The fourth-order valence-corrected chi connectivity index (χ4v) is 2.03. The standard InChI is InChI=1S/C8H4F4N2S/c9-3-1-4(13)6-5(2-3)15-7(14-6)8(10,11)12/h1-2H,13H2. The summed E-state index contributed by atoms with van der Waals surface area (Å²) in [6.45, 7) is 0. The minimum absolute atomic E-state index is 0.00581. The lowest BCUT2D eigenvalue weighted by atomic mass is 10.3. The number of rotatable bonds is 0. The Morgan fingerprint density at radius 2 is 1.93 bits per heavy atom. The molecule has 2 aromatic rings. The van der Waals surface area contributed by atoms with Crippen LogP contribution in [0.15, 0.2) is 12.1 Å². The van der Waals surface area contributed by atoms with Crippen LogP contribution < -0.4 is 5.73 Å². The SMILES string of the molecule is Nc1cc(F)cc2sc(C(F)(F)F)nc12. The zero-order valence-corrected chi connectivity index (χ0v) is 7.92. The van der Waals surface area contributed by atoms with Gasteiger partial charge in [0.2, 0.25) is 0 Å². The van der Waals surface area contributed by atoms with Crippen LogP contribution in [0.25, 0.3) is 10.2 Å². The van der Waals surface area contributed by atoms with Crippen molar-refractivity contribution in [3.05, 3.63) is 23.0 Å². The lowest BCUT2D eigenvalue weighted by molar-refractivity contribution is -0.137. The van der Waals surface area contributed by atoms with E-state index in [1.54, 1.807) is 0 Å². The van der Waals surface area contributed by atoms with E-state index in [4.69, 9.17) is 5.73 Å². The molecule has 0 amide bonds. The quantitative estimate of drug-likeness (QED) is 0.564. The topological polar surface area (TPSA) is 38.9 Å². The Kier molecular flexibility index (Phi) is 2.07. The maximum atomic E-state index is 12.8. The van der Waals surface area contributed by atoms with Gasteiger partial charge in [-0.15, -0.1) is 11.3 Å². The van der Waals surface area contributed by atoms with Crippen molar-refractivity contribution in [3.8, 4) is 0 Å². The number of hydrogen-bond donors (Lipinski definition) is 1. The van der Waals surface area contributed by atoms with Crippen molar-refractivity contribution in [3.63, 3.8) is 0 Å². The van der Waals surface area contributed by atoms with E-state index >= 15 is 0 Å². The molecule has 0 aliphatic rings. The Morgan fingerprint density at radius 1 is 1.27 bits per heavy atom. The fraction of sp³-hybridized carbons (Fsp3) is 0.125. The van der Waals surface area contributed by atoms with E-state index in [0.29, 0.717) is 11.3 Å². The monoisotopic (exact) mass is 236 g/mol. The normalized spacial score (nSPS) is 12.3. The Bertz CT molecular complexity index is 517. The van der Waals surface area contributed by atoms with Gasteiger partial charge >= 0.3 is 6.18 Å². The van der Waals surface area contributed by atoms with Crippen LogP contribution in [0, 0.1) is 5.82 Å². The average Bonchev–Trinajstić information content (AvgIpc) is 2.46. The summed E-state index contributed by atoms with van der Waals surface area (Å²) in [6, 6.07) is 1.93. The minimum Gasteiger partial charge on any atom is -0.397 e. The molecule has 0 unspecified atom stereocenters. The molecule has 0 aliphatic carbocycles. The minimum atomic E-state index is -4.52. The van der Waals surface area contributed by atoms with Crippen LogP contribution in [-0.2, 0) is 6.18 Å². The molecule has 2 N–H and O–H groups in total. The van der Waals surface area contributed by atoms with E-state index < -0.39 is 17.0 Å². The smallest absolute Gasteiger partial charge is 0.397 e. The molecule has 7 heteroatoms. The third kappa shape index (κ3) is 1.74. The molecule has 0 aliphatic heterocycles. The zero-order valence-electron chi connectivity index (χ0n) is 7.10. The first kappa shape index (κ1) is 10.2. The number of fused-ring (bicyclic) bond motifs is 1. The van der Waals surface area contributed by atoms with Crippen molar-refractivity contribution < 1.29 is 17.6 Å². The molecule has 0 saturated carbocycles. The molecule has 0 saturated heterocycles. The average molecular weight is 236 g/mol. The van der Waals surface area contributed by atoms with Gasteiger partial charge in [-0.2, -0.15) is 13.2 Å². The molecule has 1 aromatic carbocycles. The van der Waals surface area contributed by atoms with E-state index in [0.717, 1.165) is 12.1 Å². The van der Waals surface area contributed by atoms with Crippen molar-refractivity contribution in [2.24, 2.45) is 0 Å². The molecule has 1 heterocycles. The number of thiazole rings is 1. The number of alkyl halides is 3. The van der Waals surface area contributed by atoms with Gasteiger partial charge in [-0.05, 0) is 12.1 Å². The summed E-state index contributed by atoms with van der Waals surface area (Å²) in [5.74, 6) is -0.669. The first-order chi connectivity index (χ1) is 6.88. The van der Waals surface area contributed by atoms with Crippen molar-refractivity contribution in [2.45, 2.75) is 6.18 Å². The summed E-state index contributed by atoms with van der Waals surface area (Å²) in [5.41, 5.74) is 5.26. The summed E-state index contributed by atoms with van der Waals surface area (Å²) < 4.78 is 49.7. The largest absolute Gasteiger partial charge is 0.443 e. The predicted octanol–water partition coefficient (Wildman–Crippen LogP) is 3.04. The number of halogens is 4. The highest BCUT2D eigenvalue weighted by Crippen LogP contribution is 2.37. The van der Waals surface area contributed by atoms with Crippen LogP contribution in [0.1, 0.15) is 5.01 Å². The van der Waals surface area contributed by atoms with Gasteiger partial charge in [0, 0.05) is 0 Å². The van der Waals surface area contributed by atoms with Crippen molar-refractivity contribution in [1.82, 2.24) is 4.98 Å². The summed E-state index contributed by atoms with van der Waals surface area (Å²) in [5, 5.41) is -1.02. The Labute approximate surface area is 85.3 Å². The van der Waals surface area contributed by atoms with Crippen LogP contribution in [0.3, 0.4) is 0 Å². The van der Waals surface area contributed by atoms with Crippen LogP contribution in [0.5, 0.6) is 0 Å². The van der Waals surface area contributed by atoms with E-state index in [-0.39, 0.29) is 15.9 Å². The molecule has 0 bridgehead atoms. The van der Waals surface area contributed by atoms with E-state index in [9.17, 15) is 17.6 Å². The highest BCUT2D eigenvalue weighted by molar-refractivity contribution is 7.18. The second-order valence-electron chi connectivity index (χ2n) is 2.86. The summed E-state index contributed by atoms with van der Waals surface area (Å²) in [4.78, 5) is 3.33. The van der Waals surface area contributed by atoms with E-state index in [2.05, 4.69) is 4.98 Å². The number of nitrogens with two attached hydrogens (primary N) is 1. The molecular weight excluding hydrogens is 232 g/mol. The summed E-state index contributed by atoms with van der Waals surface area (Å²) in [7, 11) is 0. The second kappa shape index (κ2) is 3.06. The molecule has 80 valence electrons. The van der Waals surface area contributed by atoms with Gasteiger partial charge in [-0.3, -0.25) is 0 Å². The third-order valence-electron chi connectivity index (χ3n) is 1.73. The van der Waals surface area contributed by atoms with Gasteiger partial charge in [0.15, 0.2) is 5.01 Å². The van der Waals surface area contributed by atoms with Crippen LogP contribution in [0.2, 0.25) is 0 Å². The second-order valence-corrected chi connectivity index (χ2v) is 3.89. The maximum absolute atomic E-state index is 12.8. The molecule has 0 spiro atoms. The number of benzene rings is 1. The van der Waals surface area contributed by atoms with Gasteiger partial charge in [0.25, 0.3) is 0 Å². The fourth-order valence-electron chi connectivity index (χ4n) is 1.14. The Balaban J connectivity index is 2.71. The molecular formula is C8H4F4N2S. The first-order valence-electron chi connectivity index (χ1n) is 3.80. The predicted molar refractivity (Wildman–Crippen MR) is 49.0 cm³/mol. The first-order valence-corrected chi connectivity index (χ1v) is 4.62. The van der Waals surface area contributed by atoms with Crippen LogP contribution >= 0.6 is 11.3 Å². The Hall–Kier alpha value is -1.37. The molecule has 15 heavy (non-hydrogen) atoms. The van der Waals surface area contributed by atoms with Crippen LogP contribution in [-0.4, -0.2) is 4.98 Å². The molecule has 2 nitrogen and oxygen atoms in total. The van der Waals surface area contributed by atoms with Crippen LogP contribution in [0.4, 0.5) is 23.2 Å². The maximum Gasteiger partial charge on any atom is 0.443 e. The molecule has 2 rings (SSSR count). The van der Waals surface area contributed by atoms with Gasteiger partial charge in [0.05, 0.1) is 10.4 Å². The number of aromatic nitrogens is 1. The van der Waals surface area contributed by atoms with Gasteiger partial charge in [-0.25, -0.2) is 9.37 Å². The number of anilines is 1.